The van der Waals surface area contributed by atoms with Crippen molar-refractivity contribution in [3.05, 3.63) is 30.3 Å². The molecular weight excluding hydrogens is 208 g/mol. The molecule has 0 saturated carbocycles. The Morgan fingerprint density at radius 3 is 2.44 bits per heavy atom. The lowest BCUT2D eigenvalue weighted by molar-refractivity contribution is 0.447. The lowest BCUT2D eigenvalue weighted by Crippen LogP contribution is -1.69. The monoisotopic (exact) mass is 216 g/mol. The van der Waals surface area contributed by atoms with Crippen LogP contribution in [0.3, 0.4) is 0 Å². The van der Waals surface area contributed by atoms with Gasteiger partial charge in [0.2, 0.25) is 0 Å². The van der Waals surface area contributed by atoms with Crippen molar-refractivity contribution in [1.82, 2.24) is 0 Å². The average molecular weight is 216 g/mol. The van der Waals surface area contributed by atoms with Crippen molar-refractivity contribution in [3.63, 3.8) is 0 Å². The maximum atomic E-state index is 9.61. The second kappa shape index (κ2) is 2.82. The van der Waals surface area contributed by atoms with Crippen LogP contribution in [-0.4, -0.2) is 15.3 Å². The van der Waals surface area contributed by atoms with Crippen LogP contribution < -0.4 is 0 Å². The van der Waals surface area contributed by atoms with Crippen LogP contribution in [0.1, 0.15) is 0 Å². The minimum Gasteiger partial charge on any atom is -0.508 e. The van der Waals surface area contributed by atoms with Crippen LogP contribution in [0, 0.1) is 0 Å². The first-order valence-electron chi connectivity index (χ1n) is 4.72. The molecule has 0 aliphatic carbocycles. The standard InChI is InChI=1S/C12H8O4/c13-6-1-2-8-9-3-7(14)4-10(15)12(9)16-11(8)5-6/h1-5,13-15H. The van der Waals surface area contributed by atoms with Crippen LogP contribution in [0.2, 0.25) is 0 Å². The second-order valence-corrected chi connectivity index (χ2v) is 3.62. The highest BCUT2D eigenvalue weighted by Gasteiger charge is 2.12. The minimum atomic E-state index is -0.120. The normalized spacial score (nSPS) is 11.2. The van der Waals surface area contributed by atoms with Crippen molar-refractivity contribution < 1.29 is 19.7 Å². The molecule has 3 aromatic rings. The van der Waals surface area contributed by atoms with Gasteiger partial charge < -0.3 is 19.7 Å². The number of phenolic OH excluding ortho intramolecular Hbond substituents is 3. The molecule has 4 nitrogen and oxygen atoms in total. The molecule has 2 aromatic carbocycles. The fourth-order valence-electron chi connectivity index (χ4n) is 1.83. The summed E-state index contributed by atoms with van der Waals surface area (Å²) in [4.78, 5) is 0. The van der Waals surface area contributed by atoms with E-state index in [1.54, 1.807) is 6.07 Å². The molecule has 0 amide bonds. The SMILES string of the molecule is Oc1ccc2c(c1)oc1c(O)cc(O)cc12. The maximum Gasteiger partial charge on any atom is 0.177 e. The van der Waals surface area contributed by atoms with Crippen LogP contribution in [0.4, 0.5) is 0 Å². The number of hydrogen-bond acceptors (Lipinski definition) is 4. The molecule has 0 radical (unpaired) electrons. The van der Waals surface area contributed by atoms with Gasteiger partial charge in [-0.1, -0.05) is 0 Å². The Balaban J connectivity index is 2.55. The fraction of sp³-hybridized carbons (Fsp3) is 0. The van der Waals surface area contributed by atoms with Gasteiger partial charge >= 0.3 is 0 Å². The second-order valence-electron chi connectivity index (χ2n) is 3.62. The molecule has 0 fully saturated rings. The van der Waals surface area contributed by atoms with Crippen molar-refractivity contribution in [2.24, 2.45) is 0 Å². The summed E-state index contributed by atoms with van der Waals surface area (Å²) in [5.41, 5.74) is 0.773. The molecule has 3 N–H and O–H groups in total. The molecule has 4 heteroatoms. The van der Waals surface area contributed by atoms with Crippen molar-refractivity contribution in [3.8, 4) is 17.2 Å². The third-order valence-electron chi connectivity index (χ3n) is 2.52. The number of furan rings is 1. The number of phenols is 3. The Kier molecular flexibility index (Phi) is 1.57. The zero-order chi connectivity index (χ0) is 11.3. The van der Waals surface area contributed by atoms with Crippen LogP contribution >= 0.6 is 0 Å². The summed E-state index contributed by atoms with van der Waals surface area (Å²) in [6, 6.07) is 7.39. The fourth-order valence-corrected chi connectivity index (χ4v) is 1.83. The molecule has 1 aromatic heterocycles. The van der Waals surface area contributed by atoms with Gasteiger partial charge in [0.1, 0.15) is 17.1 Å². The molecule has 16 heavy (non-hydrogen) atoms. The Bertz CT molecular complexity index is 697. The van der Waals surface area contributed by atoms with E-state index in [4.69, 9.17) is 4.42 Å². The summed E-state index contributed by atoms with van der Waals surface area (Å²) in [6.45, 7) is 0. The van der Waals surface area contributed by atoms with E-state index in [-0.39, 0.29) is 17.2 Å². The van der Waals surface area contributed by atoms with Crippen LogP contribution in [-0.2, 0) is 0 Å². The first kappa shape index (κ1) is 8.91. The lowest BCUT2D eigenvalue weighted by Gasteiger charge is -1.95. The summed E-state index contributed by atoms with van der Waals surface area (Å²) in [6.07, 6.45) is 0. The Morgan fingerprint density at radius 1 is 0.812 bits per heavy atom. The average Bonchev–Trinajstić information content (AvgIpc) is 2.56. The Morgan fingerprint density at radius 2 is 1.62 bits per heavy atom. The van der Waals surface area contributed by atoms with E-state index in [2.05, 4.69) is 0 Å². The van der Waals surface area contributed by atoms with Crippen molar-refractivity contribution >= 4 is 21.9 Å². The molecule has 0 aliphatic rings. The molecule has 0 bridgehead atoms. The molecule has 80 valence electrons. The Hall–Kier alpha value is -2.36. The molecule has 1 heterocycles. The number of fused-ring (bicyclic) bond motifs is 3. The first-order valence-corrected chi connectivity index (χ1v) is 4.72. The lowest BCUT2D eigenvalue weighted by atomic mass is 10.1. The number of rotatable bonds is 0. The van der Waals surface area contributed by atoms with E-state index >= 15 is 0 Å². The van der Waals surface area contributed by atoms with Gasteiger partial charge in [0, 0.05) is 22.9 Å². The highest BCUT2D eigenvalue weighted by atomic mass is 16.4. The van der Waals surface area contributed by atoms with Crippen molar-refractivity contribution in [2.75, 3.05) is 0 Å². The maximum absolute atomic E-state index is 9.61. The summed E-state index contributed by atoms with van der Waals surface area (Å²) in [5.74, 6) is -0.0540. The van der Waals surface area contributed by atoms with Crippen LogP contribution in [0.15, 0.2) is 34.7 Å². The van der Waals surface area contributed by atoms with Gasteiger partial charge in [-0.05, 0) is 18.2 Å². The summed E-state index contributed by atoms with van der Waals surface area (Å²) >= 11 is 0. The Labute approximate surface area is 90.0 Å². The van der Waals surface area contributed by atoms with Gasteiger partial charge in [0.05, 0.1) is 0 Å². The number of hydrogen-bond donors (Lipinski definition) is 3. The molecule has 0 atom stereocenters. The number of benzene rings is 2. The quantitative estimate of drug-likeness (QED) is 0.540. The van der Waals surface area contributed by atoms with Gasteiger partial charge in [-0.25, -0.2) is 0 Å². The molecule has 3 rings (SSSR count). The predicted molar refractivity (Wildman–Crippen MR) is 58.7 cm³/mol. The van der Waals surface area contributed by atoms with Gasteiger partial charge in [-0.15, -0.1) is 0 Å². The first-order chi connectivity index (χ1) is 7.65. The van der Waals surface area contributed by atoms with E-state index < -0.39 is 0 Å². The summed E-state index contributed by atoms with van der Waals surface area (Å²) in [5, 5.41) is 29.7. The van der Waals surface area contributed by atoms with E-state index in [0.29, 0.717) is 16.6 Å². The van der Waals surface area contributed by atoms with Gasteiger partial charge in [0.15, 0.2) is 11.3 Å². The summed E-state index contributed by atoms with van der Waals surface area (Å²) in [7, 11) is 0. The third kappa shape index (κ3) is 1.10. The largest absolute Gasteiger partial charge is 0.508 e. The molecule has 0 unspecified atom stereocenters. The smallest absolute Gasteiger partial charge is 0.177 e. The van der Waals surface area contributed by atoms with Gasteiger partial charge in [-0.3, -0.25) is 0 Å². The topological polar surface area (TPSA) is 73.8 Å². The highest BCUT2D eigenvalue weighted by Crippen LogP contribution is 2.37. The van der Waals surface area contributed by atoms with Crippen molar-refractivity contribution in [2.45, 2.75) is 0 Å². The minimum absolute atomic E-state index is 0.0271. The molecule has 0 aliphatic heterocycles. The van der Waals surface area contributed by atoms with Crippen LogP contribution in [0.5, 0.6) is 17.2 Å². The van der Waals surface area contributed by atoms with Crippen LogP contribution in [0.25, 0.3) is 21.9 Å². The van der Waals surface area contributed by atoms with Crippen molar-refractivity contribution in [1.29, 1.82) is 0 Å². The van der Waals surface area contributed by atoms with E-state index in [1.165, 1.54) is 24.3 Å². The highest BCUT2D eigenvalue weighted by molar-refractivity contribution is 6.07. The van der Waals surface area contributed by atoms with E-state index in [9.17, 15) is 15.3 Å². The summed E-state index contributed by atoms with van der Waals surface area (Å²) < 4.78 is 5.40. The van der Waals surface area contributed by atoms with E-state index in [0.717, 1.165) is 5.39 Å². The molecule has 0 spiro atoms. The molecule has 0 saturated heterocycles. The van der Waals surface area contributed by atoms with Gasteiger partial charge in [0.25, 0.3) is 0 Å². The van der Waals surface area contributed by atoms with Gasteiger partial charge in [-0.2, -0.15) is 0 Å². The zero-order valence-corrected chi connectivity index (χ0v) is 8.14. The van der Waals surface area contributed by atoms with E-state index in [1.807, 2.05) is 0 Å². The number of aromatic hydroxyl groups is 3. The molecular formula is C12H8O4. The zero-order valence-electron chi connectivity index (χ0n) is 8.14. The third-order valence-corrected chi connectivity index (χ3v) is 2.52. The predicted octanol–water partition coefficient (Wildman–Crippen LogP) is 2.70.